The van der Waals surface area contributed by atoms with Gasteiger partial charge in [0.2, 0.25) is 0 Å². The minimum absolute atomic E-state index is 0.240. The standard InChI is InChI=1S/C7H5BrO2S/c8-5-1-4(7(9)10)2-6(11)3-5/h1-3,11H,(H,9,10). The van der Waals surface area contributed by atoms with E-state index in [4.69, 9.17) is 5.11 Å². The first-order chi connectivity index (χ1) is 5.09. The molecule has 4 heteroatoms. The highest BCUT2D eigenvalue weighted by Gasteiger charge is 2.03. The lowest BCUT2D eigenvalue weighted by molar-refractivity contribution is 0.0696. The molecule has 0 heterocycles. The lowest BCUT2D eigenvalue weighted by atomic mass is 10.2. The Hall–Kier alpha value is -0.480. The summed E-state index contributed by atoms with van der Waals surface area (Å²) in [4.78, 5) is 11.1. The van der Waals surface area contributed by atoms with Gasteiger partial charge in [0.25, 0.3) is 0 Å². The summed E-state index contributed by atoms with van der Waals surface area (Å²) in [6.07, 6.45) is 0. The zero-order chi connectivity index (χ0) is 8.43. The fourth-order valence-corrected chi connectivity index (χ4v) is 1.65. The van der Waals surface area contributed by atoms with Gasteiger partial charge in [0.05, 0.1) is 5.56 Å². The first-order valence-corrected chi connectivity index (χ1v) is 4.06. The van der Waals surface area contributed by atoms with E-state index in [1.165, 1.54) is 12.1 Å². The van der Waals surface area contributed by atoms with Gasteiger partial charge in [-0.1, -0.05) is 15.9 Å². The second-order valence-electron chi connectivity index (χ2n) is 2.00. The Labute approximate surface area is 77.8 Å². The van der Waals surface area contributed by atoms with Gasteiger partial charge >= 0.3 is 5.97 Å². The monoisotopic (exact) mass is 232 g/mol. The molecule has 0 fully saturated rings. The molecule has 0 atom stereocenters. The van der Waals surface area contributed by atoms with E-state index in [0.717, 1.165) is 4.47 Å². The van der Waals surface area contributed by atoms with Gasteiger partial charge in [-0.2, -0.15) is 0 Å². The quantitative estimate of drug-likeness (QED) is 0.731. The van der Waals surface area contributed by atoms with Gasteiger partial charge in [0.1, 0.15) is 0 Å². The topological polar surface area (TPSA) is 37.3 Å². The molecular weight excluding hydrogens is 228 g/mol. The number of benzene rings is 1. The van der Waals surface area contributed by atoms with Crippen molar-refractivity contribution in [2.45, 2.75) is 4.90 Å². The summed E-state index contributed by atoms with van der Waals surface area (Å²) in [6, 6.07) is 4.76. The largest absolute Gasteiger partial charge is 0.478 e. The van der Waals surface area contributed by atoms with E-state index < -0.39 is 5.97 Å². The maximum Gasteiger partial charge on any atom is 0.335 e. The predicted molar refractivity (Wildman–Crippen MR) is 48.4 cm³/mol. The van der Waals surface area contributed by atoms with Crippen LogP contribution < -0.4 is 0 Å². The minimum atomic E-state index is -0.943. The fraction of sp³-hybridized carbons (Fsp3) is 0. The Morgan fingerprint density at radius 2 is 2.09 bits per heavy atom. The van der Waals surface area contributed by atoms with Gasteiger partial charge < -0.3 is 5.11 Å². The molecule has 58 valence electrons. The van der Waals surface area contributed by atoms with Crippen LogP contribution in [0.5, 0.6) is 0 Å². The number of aromatic carboxylic acids is 1. The second kappa shape index (κ2) is 3.28. The van der Waals surface area contributed by atoms with Crippen molar-refractivity contribution < 1.29 is 9.90 Å². The molecule has 11 heavy (non-hydrogen) atoms. The minimum Gasteiger partial charge on any atom is -0.478 e. The van der Waals surface area contributed by atoms with Crippen LogP contribution >= 0.6 is 28.6 Å². The van der Waals surface area contributed by atoms with Gasteiger partial charge in [0.15, 0.2) is 0 Å². The van der Waals surface area contributed by atoms with Crippen molar-refractivity contribution in [3.05, 3.63) is 28.2 Å². The zero-order valence-corrected chi connectivity index (χ0v) is 7.89. The maximum atomic E-state index is 10.5. The summed E-state index contributed by atoms with van der Waals surface area (Å²) in [6.45, 7) is 0. The number of rotatable bonds is 1. The average Bonchev–Trinajstić information content (AvgIpc) is 1.85. The SMILES string of the molecule is O=C(O)c1cc(S)cc(Br)c1. The fourth-order valence-electron chi connectivity index (χ4n) is 0.698. The molecular formula is C7H5BrO2S. The first-order valence-electron chi connectivity index (χ1n) is 2.82. The van der Waals surface area contributed by atoms with Gasteiger partial charge in [-0.25, -0.2) is 4.79 Å². The second-order valence-corrected chi connectivity index (χ2v) is 3.44. The number of carbonyl (C=O) groups is 1. The van der Waals surface area contributed by atoms with Crippen LogP contribution in [-0.2, 0) is 0 Å². The van der Waals surface area contributed by atoms with Crippen LogP contribution in [0.2, 0.25) is 0 Å². The van der Waals surface area contributed by atoms with E-state index in [1.54, 1.807) is 6.07 Å². The lowest BCUT2D eigenvalue weighted by Crippen LogP contribution is -1.95. The van der Waals surface area contributed by atoms with Crippen molar-refractivity contribution in [3.8, 4) is 0 Å². The number of halogens is 1. The van der Waals surface area contributed by atoms with Crippen molar-refractivity contribution in [1.29, 1.82) is 0 Å². The first kappa shape index (κ1) is 8.62. The third-order valence-electron chi connectivity index (χ3n) is 1.13. The molecule has 1 aromatic rings. The number of thiol groups is 1. The van der Waals surface area contributed by atoms with Crippen molar-refractivity contribution in [1.82, 2.24) is 0 Å². The molecule has 1 N–H and O–H groups in total. The molecule has 0 unspecified atom stereocenters. The molecule has 0 saturated carbocycles. The molecule has 0 saturated heterocycles. The van der Waals surface area contributed by atoms with Gasteiger partial charge in [-0.3, -0.25) is 0 Å². The summed E-state index contributed by atoms with van der Waals surface area (Å²) >= 11 is 7.19. The smallest absolute Gasteiger partial charge is 0.335 e. The number of carboxylic acids is 1. The number of carboxylic acid groups (broad SMARTS) is 1. The molecule has 0 amide bonds. The zero-order valence-electron chi connectivity index (χ0n) is 5.41. The summed E-state index contributed by atoms with van der Waals surface area (Å²) in [5.41, 5.74) is 0.240. The van der Waals surface area contributed by atoms with Gasteiger partial charge in [-0.05, 0) is 18.2 Å². The van der Waals surface area contributed by atoms with Crippen LogP contribution in [0.25, 0.3) is 0 Å². The molecule has 0 aliphatic heterocycles. The Morgan fingerprint density at radius 3 is 2.55 bits per heavy atom. The molecule has 0 spiro atoms. The summed E-state index contributed by atoms with van der Waals surface area (Å²) < 4.78 is 0.724. The maximum absolute atomic E-state index is 10.5. The van der Waals surface area contributed by atoms with Crippen molar-refractivity contribution in [3.63, 3.8) is 0 Å². The van der Waals surface area contributed by atoms with Crippen LogP contribution in [0.15, 0.2) is 27.6 Å². The van der Waals surface area contributed by atoms with Crippen LogP contribution in [0, 0.1) is 0 Å². The third-order valence-corrected chi connectivity index (χ3v) is 1.85. The third kappa shape index (κ3) is 2.24. The van der Waals surface area contributed by atoms with E-state index in [-0.39, 0.29) is 5.56 Å². The highest BCUT2D eigenvalue weighted by Crippen LogP contribution is 2.17. The van der Waals surface area contributed by atoms with Crippen molar-refractivity contribution >= 4 is 34.5 Å². The van der Waals surface area contributed by atoms with E-state index in [0.29, 0.717) is 4.90 Å². The summed E-state index contributed by atoms with van der Waals surface area (Å²) in [7, 11) is 0. The van der Waals surface area contributed by atoms with E-state index in [9.17, 15) is 4.79 Å². The normalized spacial score (nSPS) is 9.64. The Balaban J connectivity index is 3.19. The van der Waals surface area contributed by atoms with Crippen LogP contribution in [0.4, 0.5) is 0 Å². The Bertz CT molecular complexity index is 278. The van der Waals surface area contributed by atoms with E-state index >= 15 is 0 Å². The molecule has 1 aromatic carbocycles. The average molecular weight is 233 g/mol. The molecule has 1 rings (SSSR count). The van der Waals surface area contributed by atoms with Crippen LogP contribution in [0.3, 0.4) is 0 Å². The highest BCUT2D eigenvalue weighted by molar-refractivity contribution is 9.10. The Morgan fingerprint density at radius 1 is 1.45 bits per heavy atom. The highest BCUT2D eigenvalue weighted by atomic mass is 79.9. The molecule has 0 aliphatic rings. The van der Waals surface area contributed by atoms with Crippen molar-refractivity contribution in [2.24, 2.45) is 0 Å². The lowest BCUT2D eigenvalue weighted by Gasteiger charge is -1.96. The summed E-state index contributed by atoms with van der Waals surface area (Å²) in [5, 5.41) is 8.58. The van der Waals surface area contributed by atoms with E-state index in [2.05, 4.69) is 28.6 Å². The van der Waals surface area contributed by atoms with Crippen LogP contribution in [-0.4, -0.2) is 11.1 Å². The van der Waals surface area contributed by atoms with Gasteiger partial charge in [0, 0.05) is 9.37 Å². The Kier molecular flexibility index (Phi) is 2.57. The number of hydrogen-bond donors (Lipinski definition) is 2. The summed E-state index contributed by atoms with van der Waals surface area (Å²) in [5.74, 6) is -0.943. The van der Waals surface area contributed by atoms with E-state index in [1.807, 2.05) is 0 Å². The molecule has 0 aliphatic carbocycles. The molecule has 0 bridgehead atoms. The molecule has 0 aromatic heterocycles. The molecule has 0 radical (unpaired) electrons. The predicted octanol–water partition coefficient (Wildman–Crippen LogP) is 2.44. The van der Waals surface area contributed by atoms with Crippen molar-refractivity contribution in [2.75, 3.05) is 0 Å². The number of hydrogen-bond acceptors (Lipinski definition) is 2. The molecule has 2 nitrogen and oxygen atoms in total. The van der Waals surface area contributed by atoms with Gasteiger partial charge in [-0.15, -0.1) is 12.6 Å². The van der Waals surface area contributed by atoms with Crippen LogP contribution in [0.1, 0.15) is 10.4 Å².